The van der Waals surface area contributed by atoms with Gasteiger partial charge >= 0.3 is 6.09 Å². The van der Waals surface area contributed by atoms with E-state index in [1.54, 1.807) is 6.07 Å². The van der Waals surface area contributed by atoms with E-state index < -0.39 is 29.6 Å². The van der Waals surface area contributed by atoms with Crippen molar-refractivity contribution in [2.45, 2.75) is 12.5 Å². The molecule has 7 heteroatoms. The lowest BCUT2D eigenvalue weighted by molar-refractivity contribution is 0.182. The number of fused-ring (bicyclic) bond motifs is 1. The van der Waals surface area contributed by atoms with Gasteiger partial charge in [0, 0.05) is 23.6 Å². The van der Waals surface area contributed by atoms with Crippen molar-refractivity contribution in [3.05, 3.63) is 53.3 Å². The second-order valence-corrected chi connectivity index (χ2v) is 5.14. The quantitative estimate of drug-likeness (QED) is 0.825. The highest BCUT2D eigenvalue weighted by Gasteiger charge is 2.24. The highest BCUT2D eigenvalue weighted by atomic mass is 19.2. The van der Waals surface area contributed by atoms with E-state index in [1.807, 2.05) is 0 Å². The van der Waals surface area contributed by atoms with Crippen LogP contribution in [0.25, 0.3) is 11.1 Å². The molecule has 2 N–H and O–H groups in total. The van der Waals surface area contributed by atoms with Gasteiger partial charge in [-0.3, -0.25) is 0 Å². The number of carboxylic acid groups (broad SMARTS) is 1. The van der Waals surface area contributed by atoms with Crippen molar-refractivity contribution in [3.63, 3.8) is 0 Å². The molecule has 1 aliphatic heterocycles. The largest absolute Gasteiger partial charge is 0.493 e. The van der Waals surface area contributed by atoms with Gasteiger partial charge in [0.05, 0.1) is 12.6 Å². The standard InChI is InChI=1S/C16H12F3NO3/c17-11-7-13(19)12(18)6-10(11)8-1-2-9-14(20-16(21)22)3-4-23-15(9)5-8/h1-2,5-7,14,20H,3-4H2,(H,21,22). The first-order valence-electron chi connectivity index (χ1n) is 6.87. The van der Waals surface area contributed by atoms with Crippen molar-refractivity contribution in [3.8, 4) is 16.9 Å². The molecule has 4 nitrogen and oxygen atoms in total. The molecule has 0 saturated heterocycles. The van der Waals surface area contributed by atoms with E-state index in [9.17, 15) is 18.0 Å². The molecule has 0 radical (unpaired) electrons. The van der Waals surface area contributed by atoms with E-state index in [0.717, 1.165) is 6.07 Å². The maximum Gasteiger partial charge on any atom is 0.405 e. The molecule has 1 heterocycles. The third kappa shape index (κ3) is 2.94. The Morgan fingerprint density at radius 2 is 1.87 bits per heavy atom. The molecule has 1 atom stereocenters. The molecule has 2 aromatic rings. The van der Waals surface area contributed by atoms with Crippen LogP contribution in [0.5, 0.6) is 5.75 Å². The zero-order valence-electron chi connectivity index (χ0n) is 11.8. The lowest BCUT2D eigenvalue weighted by Crippen LogP contribution is -2.30. The SMILES string of the molecule is O=C(O)NC1CCOc2cc(-c3cc(F)c(F)cc3F)ccc21. The Balaban J connectivity index is 2.01. The topological polar surface area (TPSA) is 58.6 Å². The Bertz CT molecular complexity index is 779. The number of nitrogens with one attached hydrogen (secondary N) is 1. The van der Waals surface area contributed by atoms with Gasteiger partial charge in [-0.2, -0.15) is 0 Å². The number of hydrogen-bond donors (Lipinski definition) is 2. The van der Waals surface area contributed by atoms with Crippen molar-refractivity contribution in [1.82, 2.24) is 5.32 Å². The number of benzene rings is 2. The number of rotatable bonds is 2. The van der Waals surface area contributed by atoms with Gasteiger partial charge in [0.15, 0.2) is 11.6 Å². The second kappa shape index (κ2) is 5.83. The predicted molar refractivity (Wildman–Crippen MR) is 75.8 cm³/mol. The van der Waals surface area contributed by atoms with Gasteiger partial charge in [0.25, 0.3) is 0 Å². The molecule has 0 aliphatic carbocycles. The Labute approximate surface area is 129 Å². The smallest absolute Gasteiger partial charge is 0.405 e. The van der Waals surface area contributed by atoms with E-state index in [0.29, 0.717) is 36.0 Å². The van der Waals surface area contributed by atoms with Crippen LogP contribution in [0, 0.1) is 17.5 Å². The minimum atomic E-state index is -1.26. The molecule has 1 aliphatic rings. The van der Waals surface area contributed by atoms with Crippen molar-refractivity contribution in [2.24, 2.45) is 0 Å². The van der Waals surface area contributed by atoms with Gasteiger partial charge < -0.3 is 15.2 Å². The third-order valence-electron chi connectivity index (χ3n) is 3.67. The van der Waals surface area contributed by atoms with E-state index in [2.05, 4.69) is 5.32 Å². The Morgan fingerprint density at radius 1 is 1.13 bits per heavy atom. The van der Waals surface area contributed by atoms with E-state index in [-0.39, 0.29) is 5.56 Å². The second-order valence-electron chi connectivity index (χ2n) is 5.14. The maximum absolute atomic E-state index is 13.9. The number of carbonyl (C=O) groups is 1. The molecule has 3 rings (SSSR count). The molecule has 2 aromatic carbocycles. The summed E-state index contributed by atoms with van der Waals surface area (Å²) in [4.78, 5) is 10.8. The summed E-state index contributed by atoms with van der Waals surface area (Å²) in [5, 5.41) is 11.2. The fourth-order valence-corrected chi connectivity index (χ4v) is 2.60. The highest BCUT2D eigenvalue weighted by molar-refractivity contribution is 5.69. The van der Waals surface area contributed by atoms with Gasteiger partial charge in [-0.1, -0.05) is 12.1 Å². The van der Waals surface area contributed by atoms with Crippen LogP contribution < -0.4 is 10.1 Å². The maximum atomic E-state index is 13.9. The average Bonchev–Trinajstić information content (AvgIpc) is 2.50. The lowest BCUT2D eigenvalue weighted by atomic mass is 9.96. The van der Waals surface area contributed by atoms with E-state index in [4.69, 9.17) is 9.84 Å². The minimum absolute atomic E-state index is 0.0939. The Hall–Kier alpha value is -2.70. The van der Waals surface area contributed by atoms with E-state index >= 15 is 0 Å². The summed E-state index contributed by atoms with van der Waals surface area (Å²) in [7, 11) is 0. The van der Waals surface area contributed by atoms with Gasteiger partial charge in [0.1, 0.15) is 11.6 Å². The summed E-state index contributed by atoms with van der Waals surface area (Å²) >= 11 is 0. The minimum Gasteiger partial charge on any atom is -0.493 e. The summed E-state index contributed by atoms with van der Waals surface area (Å²) in [5.74, 6) is -2.91. The first-order chi connectivity index (χ1) is 11.0. The molecule has 0 spiro atoms. The van der Waals surface area contributed by atoms with Gasteiger partial charge in [-0.25, -0.2) is 18.0 Å². The van der Waals surface area contributed by atoms with Crippen LogP contribution in [-0.2, 0) is 0 Å². The van der Waals surface area contributed by atoms with Crippen LogP contribution >= 0.6 is 0 Å². The molecule has 1 unspecified atom stereocenters. The predicted octanol–water partition coefficient (Wildman–Crippen LogP) is 3.86. The summed E-state index contributed by atoms with van der Waals surface area (Å²) in [6.07, 6.45) is -0.684. The highest BCUT2D eigenvalue weighted by Crippen LogP contribution is 2.36. The molecule has 1 amide bonds. The van der Waals surface area contributed by atoms with Crippen LogP contribution in [0.2, 0.25) is 0 Å². The summed E-state index contributed by atoms with van der Waals surface area (Å²) in [6.45, 7) is 0.293. The van der Waals surface area contributed by atoms with Crippen molar-refractivity contribution >= 4 is 6.09 Å². The zero-order chi connectivity index (χ0) is 16.6. The molecular weight excluding hydrogens is 311 g/mol. The van der Waals surface area contributed by atoms with Crippen molar-refractivity contribution < 1.29 is 27.8 Å². The molecule has 120 valence electrons. The number of amides is 1. The molecule has 23 heavy (non-hydrogen) atoms. The number of ether oxygens (including phenoxy) is 1. The van der Waals surface area contributed by atoms with E-state index in [1.165, 1.54) is 12.1 Å². The zero-order valence-corrected chi connectivity index (χ0v) is 11.8. The van der Waals surface area contributed by atoms with Gasteiger partial charge in [-0.15, -0.1) is 0 Å². The van der Waals surface area contributed by atoms with Crippen LogP contribution in [0.1, 0.15) is 18.0 Å². The fourth-order valence-electron chi connectivity index (χ4n) is 2.60. The monoisotopic (exact) mass is 323 g/mol. The molecule has 0 bridgehead atoms. The van der Waals surface area contributed by atoms with Crippen LogP contribution in [-0.4, -0.2) is 17.8 Å². The number of halogens is 3. The molecule has 0 fully saturated rings. The molecule has 0 aromatic heterocycles. The molecule has 0 saturated carbocycles. The first kappa shape index (κ1) is 15.2. The van der Waals surface area contributed by atoms with Crippen molar-refractivity contribution in [2.75, 3.05) is 6.61 Å². The third-order valence-corrected chi connectivity index (χ3v) is 3.67. The van der Waals surface area contributed by atoms with Crippen LogP contribution in [0.4, 0.5) is 18.0 Å². The number of hydrogen-bond acceptors (Lipinski definition) is 2. The van der Waals surface area contributed by atoms with Gasteiger partial charge in [-0.05, 0) is 17.7 Å². The van der Waals surface area contributed by atoms with Gasteiger partial charge in [0.2, 0.25) is 0 Å². The molecular formula is C16H12F3NO3. The lowest BCUT2D eigenvalue weighted by Gasteiger charge is -2.26. The summed E-state index contributed by atoms with van der Waals surface area (Å²) < 4.78 is 45.7. The first-order valence-corrected chi connectivity index (χ1v) is 6.87. The summed E-state index contributed by atoms with van der Waals surface area (Å²) in [5.41, 5.74) is 0.838. The average molecular weight is 323 g/mol. The Morgan fingerprint density at radius 3 is 2.61 bits per heavy atom. The van der Waals surface area contributed by atoms with Crippen LogP contribution in [0.3, 0.4) is 0 Å². The Kier molecular flexibility index (Phi) is 3.85. The van der Waals surface area contributed by atoms with Crippen molar-refractivity contribution in [1.29, 1.82) is 0 Å². The fraction of sp³-hybridized carbons (Fsp3) is 0.188. The normalized spacial score (nSPS) is 16.4. The summed E-state index contributed by atoms with van der Waals surface area (Å²) in [6, 6.07) is 5.42. The van der Waals surface area contributed by atoms with Crippen LogP contribution in [0.15, 0.2) is 30.3 Å².